The Morgan fingerprint density at radius 1 is 1.06 bits per heavy atom. The molecule has 1 saturated heterocycles. The zero-order chi connectivity index (χ0) is 22.6. The Hall–Kier alpha value is -1.79. The van der Waals surface area contributed by atoms with Gasteiger partial charge in [0, 0.05) is 16.5 Å². The second-order valence-electron chi connectivity index (χ2n) is 11.1. The third-order valence-electron chi connectivity index (χ3n) is 7.01. The molecule has 168 valence electrons. The average Bonchev–Trinajstić information content (AvgIpc) is 3.14. The van der Waals surface area contributed by atoms with Crippen LogP contribution in [0.15, 0.2) is 18.2 Å². The van der Waals surface area contributed by atoms with Gasteiger partial charge in [0.15, 0.2) is 0 Å². The summed E-state index contributed by atoms with van der Waals surface area (Å²) < 4.78 is 18.4. The monoisotopic (exact) mass is 425 g/mol. The van der Waals surface area contributed by atoms with Gasteiger partial charge in [-0.3, -0.25) is 0 Å². The first kappa shape index (κ1) is 22.4. The Labute approximate surface area is 186 Å². The van der Waals surface area contributed by atoms with E-state index in [1.54, 1.807) is 0 Å². The van der Waals surface area contributed by atoms with E-state index in [1.165, 1.54) is 37.7 Å². The SMILES string of the molecule is CC(C)(C)OC(=O)c1ccc2c(C3CCCCC3)c(B3OC(C)(C)C(C)(C)O3)[nH]c2c1. The molecule has 1 aliphatic carbocycles. The van der Waals surface area contributed by atoms with E-state index >= 15 is 0 Å². The van der Waals surface area contributed by atoms with Gasteiger partial charge in [0.1, 0.15) is 5.60 Å². The highest BCUT2D eigenvalue weighted by atomic mass is 16.7. The summed E-state index contributed by atoms with van der Waals surface area (Å²) >= 11 is 0. The quantitative estimate of drug-likeness (QED) is 0.523. The topological polar surface area (TPSA) is 60.6 Å². The molecule has 0 radical (unpaired) electrons. The van der Waals surface area contributed by atoms with Crippen molar-refractivity contribution in [3.8, 4) is 0 Å². The van der Waals surface area contributed by atoms with E-state index in [9.17, 15) is 4.79 Å². The van der Waals surface area contributed by atoms with Crippen molar-refractivity contribution in [3.05, 3.63) is 29.3 Å². The van der Waals surface area contributed by atoms with Crippen molar-refractivity contribution < 1.29 is 18.8 Å². The number of carbonyl (C=O) groups excluding carboxylic acids is 1. The van der Waals surface area contributed by atoms with Gasteiger partial charge in [-0.1, -0.05) is 25.3 Å². The van der Waals surface area contributed by atoms with E-state index < -0.39 is 23.9 Å². The molecule has 1 N–H and O–H groups in total. The van der Waals surface area contributed by atoms with Gasteiger partial charge in [-0.2, -0.15) is 0 Å². The number of fused-ring (bicyclic) bond motifs is 1. The molecule has 1 saturated carbocycles. The summed E-state index contributed by atoms with van der Waals surface area (Å²) in [4.78, 5) is 16.2. The summed E-state index contributed by atoms with van der Waals surface area (Å²) in [5, 5.41) is 1.16. The molecule has 0 unspecified atom stereocenters. The van der Waals surface area contributed by atoms with Gasteiger partial charge in [-0.25, -0.2) is 4.79 Å². The maximum Gasteiger partial charge on any atom is 0.512 e. The Morgan fingerprint density at radius 2 is 1.68 bits per heavy atom. The van der Waals surface area contributed by atoms with Gasteiger partial charge in [0.2, 0.25) is 0 Å². The van der Waals surface area contributed by atoms with Crippen LogP contribution in [0.3, 0.4) is 0 Å². The number of aromatic nitrogens is 1. The van der Waals surface area contributed by atoms with Crippen molar-refractivity contribution in [2.24, 2.45) is 0 Å². The Balaban J connectivity index is 1.78. The lowest BCUT2D eigenvalue weighted by atomic mass is 9.74. The van der Waals surface area contributed by atoms with Crippen LogP contribution in [-0.2, 0) is 14.0 Å². The molecule has 6 heteroatoms. The fourth-order valence-corrected chi connectivity index (χ4v) is 4.68. The molecule has 0 amide bonds. The molecule has 0 atom stereocenters. The second kappa shape index (κ2) is 7.66. The summed E-state index contributed by atoms with van der Waals surface area (Å²) in [5.74, 6) is 0.171. The van der Waals surface area contributed by atoms with Crippen LogP contribution in [0.4, 0.5) is 0 Å². The zero-order valence-corrected chi connectivity index (χ0v) is 20.1. The Kier molecular flexibility index (Phi) is 5.54. The highest BCUT2D eigenvalue weighted by molar-refractivity contribution is 6.62. The summed E-state index contributed by atoms with van der Waals surface area (Å²) in [6, 6.07) is 5.85. The molecule has 5 nitrogen and oxygen atoms in total. The number of carbonyl (C=O) groups is 1. The minimum atomic E-state index is -0.525. The van der Waals surface area contributed by atoms with Crippen LogP contribution in [0.25, 0.3) is 10.9 Å². The van der Waals surface area contributed by atoms with E-state index in [1.807, 2.05) is 32.9 Å². The van der Waals surface area contributed by atoms with Crippen molar-refractivity contribution in [3.63, 3.8) is 0 Å². The van der Waals surface area contributed by atoms with Gasteiger partial charge in [0.05, 0.1) is 16.8 Å². The van der Waals surface area contributed by atoms with Crippen LogP contribution in [0.1, 0.15) is 102 Å². The van der Waals surface area contributed by atoms with Gasteiger partial charge >= 0.3 is 13.1 Å². The predicted molar refractivity (Wildman–Crippen MR) is 125 cm³/mol. The van der Waals surface area contributed by atoms with Crippen LogP contribution in [-0.4, -0.2) is 34.9 Å². The maximum absolute atomic E-state index is 12.6. The molecule has 1 aromatic carbocycles. The van der Waals surface area contributed by atoms with Crippen LogP contribution in [0, 0.1) is 0 Å². The van der Waals surface area contributed by atoms with Crippen molar-refractivity contribution in [1.82, 2.24) is 4.98 Å². The standard InChI is InChI=1S/C25H36BNO4/c1-23(2,3)29-22(28)17-13-14-18-19(15-17)27-21(20(18)16-11-9-8-10-12-16)26-30-24(4,5)25(6,7)31-26/h13-16,27H,8-12H2,1-7H3. The molecule has 0 spiro atoms. The lowest BCUT2D eigenvalue weighted by Crippen LogP contribution is -2.41. The molecule has 31 heavy (non-hydrogen) atoms. The first-order chi connectivity index (χ1) is 14.4. The Morgan fingerprint density at radius 3 is 2.26 bits per heavy atom. The molecule has 2 aliphatic rings. The Bertz CT molecular complexity index is 963. The largest absolute Gasteiger partial charge is 0.512 e. The molecule has 2 fully saturated rings. The summed E-state index contributed by atoms with van der Waals surface area (Å²) in [7, 11) is -0.445. The van der Waals surface area contributed by atoms with Crippen LogP contribution in [0.2, 0.25) is 0 Å². The summed E-state index contributed by atoms with van der Waals surface area (Å²) in [6.45, 7) is 14.0. The fraction of sp³-hybridized carbons (Fsp3) is 0.640. The first-order valence-electron chi connectivity index (χ1n) is 11.6. The van der Waals surface area contributed by atoms with Crippen LogP contribution >= 0.6 is 0 Å². The van der Waals surface area contributed by atoms with Crippen LogP contribution < -0.4 is 5.59 Å². The van der Waals surface area contributed by atoms with E-state index in [-0.39, 0.29) is 5.97 Å². The van der Waals surface area contributed by atoms with Crippen molar-refractivity contribution in [2.45, 2.75) is 103 Å². The number of esters is 1. The second-order valence-corrected chi connectivity index (χ2v) is 11.1. The first-order valence-corrected chi connectivity index (χ1v) is 11.6. The van der Waals surface area contributed by atoms with E-state index in [0.29, 0.717) is 11.5 Å². The molecule has 2 heterocycles. The molecule has 4 rings (SSSR count). The highest BCUT2D eigenvalue weighted by Crippen LogP contribution is 2.40. The van der Waals surface area contributed by atoms with Gasteiger partial charge in [0.25, 0.3) is 0 Å². The van der Waals surface area contributed by atoms with Crippen molar-refractivity contribution >= 4 is 29.6 Å². The highest BCUT2D eigenvalue weighted by Gasteiger charge is 2.53. The minimum Gasteiger partial charge on any atom is -0.456 e. The lowest BCUT2D eigenvalue weighted by molar-refractivity contribution is 0.00578. The zero-order valence-electron chi connectivity index (χ0n) is 20.1. The smallest absolute Gasteiger partial charge is 0.456 e. The lowest BCUT2D eigenvalue weighted by Gasteiger charge is -2.32. The minimum absolute atomic E-state index is 0.305. The molecule has 0 bridgehead atoms. The number of H-pyrrole nitrogens is 1. The third kappa shape index (κ3) is 4.29. The van der Waals surface area contributed by atoms with Gasteiger partial charge in [-0.15, -0.1) is 0 Å². The molecule has 2 aromatic rings. The fourth-order valence-electron chi connectivity index (χ4n) is 4.68. The van der Waals surface area contributed by atoms with Gasteiger partial charge < -0.3 is 19.0 Å². The number of benzene rings is 1. The van der Waals surface area contributed by atoms with E-state index in [4.69, 9.17) is 14.0 Å². The third-order valence-corrected chi connectivity index (χ3v) is 7.01. The predicted octanol–water partition coefficient (Wildman–Crippen LogP) is 5.47. The van der Waals surface area contributed by atoms with Gasteiger partial charge in [-0.05, 0) is 84.9 Å². The molecular weight excluding hydrogens is 389 g/mol. The number of aromatic amines is 1. The molecule has 1 aromatic heterocycles. The van der Waals surface area contributed by atoms with E-state index in [0.717, 1.165) is 16.5 Å². The van der Waals surface area contributed by atoms with Crippen molar-refractivity contribution in [1.29, 1.82) is 0 Å². The van der Waals surface area contributed by atoms with Crippen molar-refractivity contribution in [2.75, 3.05) is 0 Å². The molecule has 1 aliphatic heterocycles. The number of rotatable bonds is 3. The molecular formula is C25H36BNO4. The average molecular weight is 425 g/mol. The maximum atomic E-state index is 12.6. The summed E-state index contributed by atoms with van der Waals surface area (Å²) in [6.07, 6.45) is 6.14. The number of hydrogen-bond acceptors (Lipinski definition) is 4. The number of hydrogen-bond donors (Lipinski definition) is 1. The normalized spacial score (nSPS) is 21.6. The summed E-state index contributed by atoms with van der Waals surface area (Å²) in [5.41, 5.74) is 2.46. The number of nitrogens with one attached hydrogen (secondary N) is 1. The number of ether oxygens (including phenoxy) is 1. The van der Waals surface area contributed by atoms with E-state index in [2.05, 4.69) is 38.7 Å². The van der Waals surface area contributed by atoms with Crippen LogP contribution in [0.5, 0.6) is 0 Å².